The molecule has 0 spiro atoms. The summed E-state index contributed by atoms with van der Waals surface area (Å²) >= 11 is 0. The quantitative estimate of drug-likeness (QED) is 0.507. The summed E-state index contributed by atoms with van der Waals surface area (Å²) in [6.07, 6.45) is 1.02. The Hall–Kier alpha value is -0.160. The van der Waals surface area contributed by atoms with Gasteiger partial charge in [-0.3, -0.25) is 4.84 Å². The molecule has 0 rings (SSSR count). The molecular weight excluding hydrogens is 170 g/mol. The lowest BCUT2D eigenvalue weighted by molar-refractivity contribution is -0.171. The van der Waals surface area contributed by atoms with Gasteiger partial charge in [0, 0.05) is 27.3 Å². The molecule has 0 aromatic heterocycles. The Morgan fingerprint density at radius 2 is 1.46 bits per heavy atom. The summed E-state index contributed by atoms with van der Waals surface area (Å²) in [6, 6.07) is 0. The summed E-state index contributed by atoms with van der Waals surface area (Å²) in [5, 5.41) is 1.89. The molecular formula is C9H21NO3. The van der Waals surface area contributed by atoms with Crippen LogP contribution in [0, 0.1) is 0 Å². The first-order valence-corrected chi connectivity index (χ1v) is 4.70. The molecule has 0 aliphatic carbocycles. The van der Waals surface area contributed by atoms with Gasteiger partial charge in [-0.25, -0.2) is 0 Å². The van der Waals surface area contributed by atoms with Crippen molar-refractivity contribution in [2.24, 2.45) is 0 Å². The predicted octanol–water partition coefficient (Wildman–Crippen LogP) is 0.923. The molecule has 0 N–H and O–H groups in total. The van der Waals surface area contributed by atoms with Gasteiger partial charge in [0.05, 0.1) is 19.8 Å². The monoisotopic (exact) mass is 191 g/mol. The lowest BCUT2D eigenvalue weighted by Crippen LogP contribution is -2.31. The number of nitrogens with zero attached hydrogens (tertiary/aromatic N) is 1. The predicted molar refractivity (Wildman–Crippen MR) is 51.6 cm³/mol. The molecule has 0 atom stereocenters. The van der Waals surface area contributed by atoms with Crippen LogP contribution in [0.4, 0.5) is 0 Å². The Morgan fingerprint density at radius 3 is 1.85 bits per heavy atom. The summed E-state index contributed by atoms with van der Waals surface area (Å²) < 4.78 is 9.94. The van der Waals surface area contributed by atoms with Crippen LogP contribution >= 0.6 is 0 Å². The van der Waals surface area contributed by atoms with Crippen LogP contribution in [0.3, 0.4) is 0 Å². The molecule has 80 valence electrons. The first kappa shape index (κ1) is 12.8. The second-order valence-electron chi connectivity index (χ2n) is 2.75. The van der Waals surface area contributed by atoms with Crippen LogP contribution in [-0.2, 0) is 14.3 Å². The third-order valence-electron chi connectivity index (χ3n) is 1.57. The molecule has 0 heterocycles. The van der Waals surface area contributed by atoms with Crippen molar-refractivity contribution in [3.63, 3.8) is 0 Å². The maximum absolute atomic E-state index is 5.47. The highest BCUT2D eigenvalue weighted by Gasteiger charge is 2.03. The SMILES string of the molecule is CCCON(CCOC)CCOC. The Bertz CT molecular complexity index is 81.8. The zero-order valence-electron chi connectivity index (χ0n) is 8.91. The standard InChI is InChI=1S/C9H21NO3/c1-4-7-13-10(5-8-11-2)6-9-12-3/h4-9H2,1-3H3. The Kier molecular flexibility index (Phi) is 9.80. The summed E-state index contributed by atoms with van der Waals surface area (Å²) in [6.45, 7) is 5.80. The van der Waals surface area contributed by atoms with Gasteiger partial charge in [0.2, 0.25) is 0 Å². The average Bonchev–Trinajstić information content (AvgIpc) is 2.17. The maximum Gasteiger partial charge on any atom is 0.0682 e. The van der Waals surface area contributed by atoms with Crippen molar-refractivity contribution in [2.45, 2.75) is 13.3 Å². The highest BCUT2D eigenvalue weighted by molar-refractivity contribution is 4.44. The van der Waals surface area contributed by atoms with Crippen LogP contribution in [0.2, 0.25) is 0 Å². The molecule has 0 aromatic rings. The molecule has 0 aliphatic rings. The van der Waals surface area contributed by atoms with E-state index in [9.17, 15) is 0 Å². The number of ether oxygens (including phenoxy) is 2. The second kappa shape index (κ2) is 9.92. The van der Waals surface area contributed by atoms with E-state index in [0.29, 0.717) is 13.2 Å². The Morgan fingerprint density at radius 1 is 0.923 bits per heavy atom. The van der Waals surface area contributed by atoms with Crippen molar-refractivity contribution < 1.29 is 14.3 Å². The van der Waals surface area contributed by atoms with E-state index in [2.05, 4.69) is 6.92 Å². The molecule has 0 bridgehead atoms. The highest BCUT2D eigenvalue weighted by Crippen LogP contribution is 1.92. The van der Waals surface area contributed by atoms with Gasteiger partial charge < -0.3 is 9.47 Å². The fraction of sp³-hybridized carbons (Fsp3) is 1.00. The van der Waals surface area contributed by atoms with Crippen molar-refractivity contribution >= 4 is 0 Å². The number of hydroxylamine groups is 2. The topological polar surface area (TPSA) is 30.9 Å². The first-order chi connectivity index (χ1) is 6.35. The minimum atomic E-state index is 0.688. The zero-order chi connectivity index (χ0) is 9.94. The molecule has 13 heavy (non-hydrogen) atoms. The summed E-state index contributed by atoms with van der Waals surface area (Å²) in [4.78, 5) is 5.47. The lowest BCUT2D eigenvalue weighted by atomic mass is 10.5. The Balaban J connectivity index is 3.47. The Labute approximate surface area is 80.7 Å². The molecule has 0 radical (unpaired) electrons. The van der Waals surface area contributed by atoms with Crippen LogP contribution < -0.4 is 0 Å². The highest BCUT2D eigenvalue weighted by atomic mass is 16.7. The fourth-order valence-electron chi connectivity index (χ4n) is 0.847. The average molecular weight is 191 g/mol. The molecule has 0 unspecified atom stereocenters. The molecule has 0 aromatic carbocycles. The van der Waals surface area contributed by atoms with E-state index < -0.39 is 0 Å². The minimum absolute atomic E-state index is 0.688. The van der Waals surface area contributed by atoms with Gasteiger partial charge >= 0.3 is 0 Å². The third kappa shape index (κ3) is 8.18. The van der Waals surface area contributed by atoms with Crippen LogP contribution in [0.1, 0.15) is 13.3 Å². The molecule has 0 amide bonds. The fourth-order valence-corrected chi connectivity index (χ4v) is 0.847. The van der Waals surface area contributed by atoms with Gasteiger partial charge in [-0.1, -0.05) is 6.92 Å². The van der Waals surface area contributed by atoms with Gasteiger partial charge in [0.1, 0.15) is 0 Å². The van der Waals surface area contributed by atoms with Gasteiger partial charge in [0.25, 0.3) is 0 Å². The third-order valence-corrected chi connectivity index (χ3v) is 1.57. The number of rotatable bonds is 9. The van der Waals surface area contributed by atoms with Crippen molar-refractivity contribution in [1.29, 1.82) is 0 Å². The van der Waals surface area contributed by atoms with E-state index in [0.717, 1.165) is 26.1 Å². The maximum atomic E-state index is 5.47. The molecule has 0 fully saturated rings. The van der Waals surface area contributed by atoms with Gasteiger partial charge in [-0.2, -0.15) is 5.06 Å². The lowest BCUT2D eigenvalue weighted by Gasteiger charge is -2.20. The van der Waals surface area contributed by atoms with Crippen LogP contribution in [0.25, 0.3) is 0 Å². The van der Waals surface area contributed by atoms with E-state index in [-0.39, 0.29) is 0 Å². The number of hydrogen-bond donors (Lipinski definition) is 0. The van der Waals surface area contributed by atoms with E-state index in [1.807, 2.05) is 5.06 Å². The largest absolute Gasteiger partial charge is 0.383 e. The van der Waals surface area contributed by atoms with Crippen LogP contribution in [0.15, 0.2) is 0 Å². The van der Waals surface area contributed by atoms with E-state index in [1.54, 1.807) is 14.2 Å². The van der Waals surface area contributed by atoms with Crippen molar-refractivity contribution in [2.75, 3.05) is 47.1 Å². The zero-order valence-corrected chi connectivity index (χ0v) is 8.91. The van der Waals surface area contributed by atoms with Crippen molar-refractivity contribution in [1.82, 2.24) is 5.06 Å². The van der Waals surface area contributed by atoms with Crippen molar-refractivity contribution in [3.05, 3.63) is 0 Å². The molecule has 0 saturated carbocycles. The summed E-state index contributed by atoms with van der Waals surface area (Å²) in [5.41, 5.74) is 0. The van der Waals surface area contributed by atoms with E-state index in [4.69, 9.17) is 14.3 Å². The summed E-state index contributed by atoms with van der Waals surface area (Å²) in [7, 11) is 3.38. The molecule has 4 heteroatoms. The van der Waals surface area contributed by atoms with E-state index >= 15 is 0 Å². The van der Waals surface area contributed by atoms with Crippen molar-refractivity contribution in [3.8, 4) is 0 Å². The smallest absolute Gasteiger partial charge is 0.0682 e. The van der Waals surface area contributed by atoms with Gasteiger partial charge in [-0.05, 0) is 6.42 Å². The van der Waals surface area contributed by atoms with E-state index in [1.165, 1.54) is 0 Å². The number of methoxy groups -OCH3 is 2. The van der Waals surface area contributed by atoms with Gasteiger partial charge in [-0.15, -0.1) is 0 Å². The van der Waals surface area contributed by atoms with Gasteiger partial charge in [0.15, 0.2) is 0 Å². The number of hydrogen-bond acceptors (Lipinski definition) is 4. The normalized spacial score (nSPS) is 11.1. The second-order valence-corrected chi connectivity index (χ2v) is 2.75. The van der Waals surface area contributed by atoms with Crippen LogP contribution in [0.5, 0.6) is 0 Å². The minimum Gasteiger partial charge on any atom is -0.383 e. The van der Waals surface area contributed by atoms with Crippen LogP contribution in [-0.4, -0.2) is 52.2 Å². The molecule has 0 saturated heterocycles. The summed E-state index contributed by atoms with van der Waals surface area (Å²) in [5.74, 6) is 0. The molecule has 4 nitrogen and oxygen atoms in total. The molecule has 0 aliphatic heterocycles. The first-order valence-electron chi connectivity index (χ1n) is 4.70.